The van der Waals surface area contributed by atoms with E-state index in [0.29, 0.717) is 31.2 Å². The maximum atomic E-state index is 13.0. The Hall–Kier alpha value is -2.71. The van der Waals surface area contributed by atoms with Crippen LogP contribution in [0.25, 0.3) is 6.08 Å². The molecule has 0 spiro atoms. The molecule has 1 amide bonds. The number of non-ortho nitro benzene ring substituents is 1. The second-order valence-corrected chi connectivity index (χ2v) is 9.26. The molecule has 0 bridgehead atoms. The van der Waals surface area contributed by atoms with E-state index in [1.807, 2.05) is 22.6 Å². The summed E-state index contributed by atoms with van der Waals surface area (Å²) in [5, 5.41) is 11.1. The highest BCUT2D eigenvalue weighted by atomic mass is 127. The molecule has 2 aromatic rings. The van der Waals surface area contributed by atoms with Crippen LogP contribution in [0.5, 0.6) is 11.5 Å². The second-order valence-electron chi connectivity index (χ2n) is 6.42. The number of carbonyl (C=O) groups is 2. The molecule has 0 atom stereocenters. The summed E-state index contributed by atoms with van der Waals surface area (Å²) in [4.78, 5) is 36.8. The molecule has 33 heavy (non-hydrogen) atoms. The number of thioether (sulfide) groups is 1. The fraction of sp³-hybridized carbons (Fsp3) is 0.190. The van der Waals surface area contributed by atoms with Gasteiger partial charge in [-0.25, -0.2) is 4.79 Å². The first-order chi connectivity index (χ1) is 15.7. The molecule has 1 aliphatic heterocycles. The number of anilines is 1. The van der Waals surface area contributed by atoms with Gasteiger partial charge in [0.05, 0.1) is 32.8 Å². The predicted octanol–water partition coefficient (Wildman–Crippen LogP) is 4.56. The molecule has 0 aliphatic carbocycles. The zero-order chi connectivity index (χ0) is 24.1. The van der Waals surface area contributed by atoms with Gasteiger partial charge in [-0.2, -0.15) is 0 Å². The summed E-state index contributed by atoms with van der Waals surface area (Å²) < 4.78 is 16.7. The van der Waals surface area contributed by atoms with E-state index >= 15 is 0 Å². The van der Waals surface area contributed by atoms with E-state index < -0.39 is 10.9 Å². The predicted molar refractivity (Wildman–Crippen MR) is 137 cm³/mol. The van der Waals surface area contributed by atoms with Crippen molar-refractivity contribution in [1.82, 2.24) is 0 Å². The Morgan fingerprint density at radius 2 is 2.09 bits per heavy atom. The van der Waals surface area contributed by atoms with Crippen molar-refractivity contribution >= 4 is 80.2 Å². The number of benzene rings is 2. The topological polar surface area (TPSA) is 108 Å². The van der Waals surface area contributed by atoms with E-state index in [9.17, 15) is 19.7 Å². The molecule has 1 aliphatic rings. The second kappa shape index (κ2) is 10.9. The van der Waals surface area contributed by atoms with Crippen molar-refractivity contribution in [3.05, 3.63) is 60.6 Å². The van der Waals surface area contributed by atoms with Gasteiger partial charge in [0.1, 0.15) is 0 Å². The molecule has 0 saturated carbocycles. The minimum Gasteiger partial charge on any atom is -0.493 e. The number of ether oxygens (including phenoxy) is 3. The summed E-state index contributed by atoms with van der Waals surface area (Å²) >= 11 is 8.48. The maximum Gasteiger partial charge on any atom is 0.344 e. The quantitative estimate of drug-likeness (QED) is 0.108. The van der Waals surface area contributed by atoms with Crippen molar-refractivity contribution < 1.29 is 28.7 Å². The Morgan fingerprint density at radius 1 is 1.33 bits per heavy atom. The number of thiocarbonyl (C=S) groups is 1. The molecular formula is C21H17IN2O7S2. The molecule has 1 fully saturated rings. The van der Waals surface area contributed by atoms with Gasteiger partial charge in [0, 0.05) is 12.1 Å². The molecule has 1 saturated heterocycles. The average molecular weight is 600 g/mol. The first-order valence-electron chi connectivity index (χ1n) is 9.43. The molecule has 0 radical (unpaired) electrons. The Morgan fingerprint density at radius 3 is 2.76 bits per heavy atom. The zero-order valence-electron chi connectivity index (χ0n) is 17.4. The van der Waals surface area contributed by atoms with E-state index in [1.165, 1.54) is 30.2 Å². The minimum absolute atomic E-state index is 0.136. The van der Waals surface area contributed by atoms with Crippen LogP contribution in [-0.2, 0) is 14.3 Å². The van der Waals surface area contributed by atoms with Crippen molar-refractivity contribution in [3.63, 3.8) is 0 Å². The SMILES string of the molecule is CCOC(=O)COc1c(I)cc(/C=C2\SC(=S)N(c3cccc([N+](=O)[O-])c3)C2=O)cc1OC. The summed E-state index contributed by atoms with van der Waals surface area (Å²) in [6.45, 7) is 1.70. The van der Waals surface area contributed by atoms with Gasteiger partial charge in [-0.3, -0.25) is 19.8 Å². The fourth-order valence-electron chi connectivity index (χ4n) is 2.88. The molecule has 172 valence electrons. The number of hydrogen-bond donors (Lipinski definition) is 0. The Balaban J connectivity index is 1.87. The van der Waals surface area contributed by atoms with Crippen LogP contribution in [0.1, 0.15) is 12.5 Å². The van der Waals surface area contributed by atoms with Crippen molar-refractivity contribution in [2.45, 2.75) is 6.92 Å². The van der Waals surface area contributed by atoms with E-state index in [1.54, 1.807) is 31.2 Å². The van der Waals surface area contributed by atoms with Crippen molar-refractivity contribution in [2.75, 3.05) is 25.2 Å². The fourth-order valence-corrected chi connectivity index (χ4v) is 4.96. The lowest BCUT2D eigenvalue weighted by atomic mass is 10.1. The minimum atomic E-state index is -0.531. The van der Waals surface area contributed by atoms with Crippen LogP contribution in [0.4, 0.5) is 11.4 Å². The molecule has 9 nitrogen and oxygen atoms in total. The smallest absolute Gasteiger partial charge is 0.344 e. The van der Waals surface area contributed by atoms with Gasteiger partial charge in [-0.1, -0.05) is 30.0 Å². The molecule has 2 aromatic carbocycles. The van der Waals surface area contributed by atoms with Gasteiger partial charge >= 0.3 is 5.97 Å². The van der Waals surface area contributed by atoms with E-state index in [4.69, 9.17) is 26.4 Å². The third kappa shape index (κ3) is 5.81. The van der Waals surface area contributed by atoms with Crippen LogP contribution in [0.2, 0.25) is 0 Å². The van der Waals surface area contributed by atoms with Crippen LogP contribution < -0.4 is 14.4 Å². The maximum absolute atomic E-state index is 13.0. The van der Waals surface area contributed by atoms with E-state index in [0.717, 1.165) is 11.8 Å². The highest BCUT2D eigenvalue weighted by molar-refractivity contribution is 14.1. The lowest BCUT2D eigenvalue weighted by Gasteiger charge is -2.14. The highest BCUT2D eigenvalue weighted by Gasteiger charge is 2.34. The van der Waals surface area contributed by atoms with Gasteiger partial charge in [-0.05, 0) is 59.4 Å². The molecule has 1 heterocycles. The third-order valence-electron chi connectivity index (χ3n) is 4.28. The number of amides is 1. The van der Waals surface area contributed by atoms with Crippen LogP contribution in [-0.4, -0.2) is 41.4 Å². The monoisotopic (exact) mass is 600 g/mol. The summed E-state index contributed by atoms with van der Waals surface area (Å²) in [7, 11) is 1.47. The van der Waals surface area contributed by atoms with E-state index in [-0.39, 0.29) is 29.1 Å². The van der Waals surface area contributed by atoms with Crippen LogP contribution >= 0.6 is 46.6 Å². The number of carbonyl (C=O) groups excluding carboxylic acids is 2. The summed E-state index contributed by atoms with van der Waals surface area (Å²) in [6.07, 6.45) is 1.65. The third-order valence-corrected chi connectivity index (χ3v) is 6.39. The number of hydrogen-bond acceptors (Lipinski definition) is 9. The Kier molecular flexibility index (Phi) is 8.26. The Bertz CT molecular complexity index is 1170. The molecule has 0 unspecified atom stereocenters. The zero-order valence-corrected chi connectivity index (χ0v) is 21.2. The molecule has 3 rings (SSSR count). The summed E-state index contributed by atoms with van der Waals surface area (Å²) in [6, 6.07) is 9.17. The first-order valence-corrected chi connectivity index (χ1v) is 11.7. The van der Waals surface area contributed by atoms with Crippen molar-refractivity contribution in [1.29, 1.82) is 0 Å². The van der Waals surface area contributed by atoms with Gasteiger partial charge < -0.3 is 14.2 Å². The van der Waals surface area contributed by atoms with Crippen LogP contribution in [0.3, 0.4) is 0 Å². The molecule has 12 heteroatoms. The number of nitro groups is 1. The van der Waals surface area contributed by atoms with Gasteiger partial charge in [-0.15, -0.1) is 0 Å². The summed E-state index contributed by atoms with van der Waals surface area (Å²) in [5.41, 5.74) is 0.840. The summed E-state index contributed by atoms with van der Waals surface area (Å²) in [5.74, 6) is -0.120. The van der Waals surface area contributed by atoms with Gasteiger partial charge in [0.15, 0.2) is 22.4 Å². The molecular weight excluding hydrogens is 583 g/mol. The van der Waals surface area contributed by atoms with Crippen molar-refractivity contribution in [3.8, 4) is 11.5 Å². The Labute approximate surface area is 212 Å². The number of rotatable bonds is 8. The van der Waals surface area contributed by atoms with Crippen molar-refractivity contribution in [2.24, 2.45) is 0 Å². The molecule has 0 aromatic heterocycles. The van der Waals surface area contributed by atoms with Gasteiger partial charge in [0.25, 0.3) is 11.6 Å². The average Bonchev–Trinajstić information content (AvgIpc) is 3.05. The van der Waals surface area contributed by atoms with Gasteiger partial charge in [0.2, 0.25) is 0 Å². The lowest BCUT2D eigenvalue weighted by Crippen LogP contribution is -2.27. The molecule has 0 N–H and O–H groups in total. The highest BCUT2D eigenvalue weighted by Crippen LogP contribution is 2.39. The first kappa shape index (κ1) is 24.9. The normalized spacial score (nSPS) is 14.5. The van der Waals surface area contributed by atoms with Crippen LogP contribution in [0, 0.1) is 13.7 Å². The number of nitro benzene ring substituents is 1. The van der Waals surface area contributed by atoms with E-state index in [2.05, 4.69) is 0 Å². The number of esters is 1. The number of halogens is 1. The van der Waals surface area contributed by atoms with Crippen LogP contribution in [0.15, 0.2) is 41.3 Å². The standard InChI is InChI=1S/C21H17IN2O7S2/c1-3-30-18(25)11-31-19-15(22)7-12(8-16(19)29-2)9-17-20(26)23(21(32)33-17)13-5-4-6-14(10-13)24(27)28/h4-10H,3,11H2,1-2H3/b17-9-. The largest absolute Gasteiger partial charge is 0.493 e. The number of methoxy groups -OCH3 is 1. The lowest BCUT2D eigenvalue weighted by molar-refractivity contribution is -0.384. The number of nitrogens with zero attached hydrogens (tertiary/aromatic N) is 2.